The van der Waals surface area contributed by atoms with Gasteiger partial charge in [0.25, 0.3) is 5.91 Å². The van der Waals surface area contributed by atoms with Crippen molar-refractivity contribution in [2.75, 3.05) is 5.32 Å². The van der Waals surface area contributed by atoms with Gasteiger partial charge in [0.05, 0.1) is 18.1 Å². The molecule has 6 heteroatoms. The van der Waals surface area contributed by atoms with Crippen LogP contribution in [0.25, 0.3) is 11.3 Å². The number of halogens is 2. The van der Waals surface area contributed by atoms with Gasteiger partial charge in [-0.15, -0.1) is 0 Å². The van der Waals surface area contributed by atoms with E-state index in [2.05, 4.69) is 34.3 Å². The van der Waals surface area contributed by atoms with Crippen molar-refractivity contribution in [1.29, 1.82) is 0 Å². The van der Waals surface area contributed by atoms with Crippen LogP contribution in [0.1, 0.15) is 34.8 Å². The maximum atomic E-state index is 13.7. The first-order valence-corrected chi connectivity index (χ1v) is 8.67. The average Bonchev–Trinajstić information content (AvgIpc) is 2.64. The smallest absolute Gasteiger partial charge is 0.262 e. The molecule has 0 radical (unpaired) electrons. The van der Waals surface area contributed by atoms with E-state index in [1.165, 1.54) is 24.0 Å². The van der Waals surface area contributed by atoms with Crippen LogP contribution in [0.3, 0.4) is 0 Å². The summed E-state index contributed by atoms with van der Waals surface area (Å²) < 4.78 is 27.4. The van der Waals surface area contributed by atoms with Crippen LogP contribution < -0.4 is 5.32 Å². The molecule has 0 saturated carbocycles. The SMILES string of the molecule is CCCc1ccc(C)c(-c2cnc(NC(=O)c3c(F)cccc3F)cn2)c1. The summed E-state index contributed by atoms with van der Waals surface area (Å²) in [6, 6.07) is 9.46. The van der Waals surface area contributed by atoms with Crippen LogP contribution >= 0.6 is 0 Å². The Morgan fingerprint density at radius 1 is 1.07 bits per heavy atom. The average molecular weight is 367 g/mol. The summed E-state index contributed by atoms with van der Waals surface area (Å²) >= 11 is 0. The Balaban J connectivity index is 1.82. The first-order valence-electron chi connectivity index (χ1n) is 8.67. The highest BCUT2D eigenvalue weighted by atomic mass is 19.1. The maximum Gasteiger partial charge on any atom is 0.262 e. The molecular formula is C21H19F2N3O. The molecule has 0 fully saturated rings. The highest BCUT2D eigenvalue weighted by molar-refractivity contribution is 6.04. The molecule has 3 aromatic rings. The Bertz CT molecular complexity index is 951. The summed E-state index contributed by atoms with van der Waals surface area (Å²) in [6.45, 7) is 4.11. The minimum atomic E-state index is -0.930. The van der Waals surface area contributed by atoms with E-state index in [1.54, 1.807) is 0 Å². The van der Waals surface area contributed by atoms with Gasteiger partial charge in [-0.05, 0) is 42.7 Å². The summed E-state index contributed by atoms with van der Waals surface area (Å²) in [5.74, 6) is -2.65. The molecule has 0 spiro atoms. The minimum Gasteiger partial charge on any atom is -0.305 e. The number of aromatic nitrogens is 2. The lowest BCUT2D eigenvalue weighted by Crippen LogP contribution is -2.16. The third-order valence-corrected chi connectivity index (χ3v) is 4.20. The Hall–Kier alpha value is -3.15. The van der Waals surface area contributed by atoms with E-state index in [9.17, 15) is 13.6 Å². The van der Waals surface area contributed by atoms with Crippen LogP contribution in [-0.4, -0.2) is 15.9 Å². The van der Waals surface area contributed by atoms with E-state index in [1.807, 2.05) is 13.0 Å². The second-order valence-corrected chi connectivity index (χ2v) is 6.24. The van der Waals surface area contributed by atoms with E-state index >= 15 is 0 Å². The van der Waals surface area contributed by atoms with Crippen molar-refractivity contribution in [3.05, 3.63) is 77.1 Å². The van der Waals surface area contributed by atoms with Crippen LogP contribution in [-0.2, 0) is 6.42 Å². The number of aryl methyl sites for hydroxylation is 2. The number of hydrogen-bond acceptors (Lipinski definition) is 3. The molecule has 1 N–H and O–H groups in total. The predicted octanol–water partition coefficient (Wildman–Crippen LogP) is 4.94. The van der Waals surface area contributed by atoms with E-state index in [4.69, 9.17) is 0 Å². The van der Waals surface area contributed by atoms with Crippen molar-refractivity contribution < 1.29 is 13.6 Å². The second kappa shape index (κ2) is 8.03. The van der Waals surface area contributed by atoms with Crippen molar-refractivity contribution in [2.24, 2.45) is 0 Å². The monoisotopic (exact) mass is 367 g/mol. The number of hydrogen-bond donors (Lipinski definition) is 1. The summed E-state index contributed by atoms with van der Waals surface area (Å²) in [6.07, 6.45) is 4.93. The topological polar surface area (TPSA) is 54.9 Å². The number of benzene rings is 2. The lowest BCUT2D eigenvalue weighted by molar-refractivity contribution is 0.101. The fourth-order valence-electron chi connectivity index (χ4n) is 2.81. The van der Waals surface area contributed by atoms with Gasteiger partial charge in [0.15, 0.2) is 5.82 Å². The van der Waals surface area contributed by atoms with Crippen molar-refractivity contribution in [3.8, 4) is 11.3 Å². The van der Waals surface area contributed by atoms with Gasteiger partial charge in [-0.1, -0.05) is 31.5 Å². The summed E-state index contributed by atoms with van der Waals surface area (Å²) in [4.78, 5) is 20.6. The molecule has 138 valence electrons. The minimum absolute atomic E-state index is 0.119. The summed E-state index contributed by atoms with van der Waals surface area (Å²) in [5.41, 5.74) is 3.26. The van der Waals surface area contributed by atoms with Crippen molar-refractivity contribution in [3.63, 3.8) is 0 Å². The predicted molar refractivity (Wildman–Crippen MR) is 101 cm³/mol. The molecule has 0 aliphatic carbocycles. The summed E-state index contributed by atoms with van der Waals surface area (Å²) in [7, 11) is 0. The maximum absolute atomic E-state index is 13.7. The number of nitrogens with one attached hydrogen (secondary N) is 1. The molecule has 0 atom stereocenters. The van der Waals surface area contributed by atoms with Gasteiger partial charge >= 0.3 is 0 Å². The largest absolute Gasteiger partial charge is 0.305 e. The van der Waals surface area contributed by atoms with Crippen LogP contribution in [0, 0.1) is 18.6 Å². The van der Waals surface area contributed by atoms with Crippen LogP contribution in [0.2, 0.25) is 0 Å². The molecule has 1 aromatic heterocycles. The number of anilines is 1. The van der Waals surface area contributed by atoms with Crippen LogP contribution in [0.5, 0.6) is 0 Å². The molecule has 1 amide bonds. The van der Waals surface area contributed by atoms with Crippen molar-refractivity contribution >= 4 is 11.7 Å². The number of carbonyl (C=O) groups is 1. The van der Waals surface area contributed by atoms with Crippen molar-refractivity contribution in [1.82, 2.24) is 9.97 Å². The van der Waals surface area contributed by atoms with Crippen molar-refractivity contribution in [2.45, 2.75) is 26.7 Å². The normalized spacial score (nSPS) is 10.7. The highest BCUT2D eigenvalue weighted by Gasteiger charge is 2.17. The zero-order valence-corrected chi connectivity index (χ0v) is 15.1. The molecule has 4 nitrogen and oxygen atoms in total. The Labute approximate surface area is 156 Å². The molecule has 0 aliphatic heterocycles. The zero-order chi connectivity index (χ0) is 19.4. The van der Waals surface area contributed by atoms with E-state index in [0.717, 1.165) is 36.1 Å². The molecule has 0 saturated heterocycles. The first kappa shape index (κ1) is 18.6. The number of nitrogens with zero attached hydrogens (tertiary/aromatic N) is 2. The van der Waals surface area contributed by atoms with Gasteiger partial charge in [-0.25, -0.2) is 13.8 Å². The molecule has 0 bridgehead atoms. The number of rotatable bonds is 5. The molecule has 1 heterocycles. The van der Waals surface area contributed by atoms with Gasteiger partial charge in [0.2, 0.25) is 0 Å². The molecular weight excluding hydrogens is 348 g/mol. The van der Waals surface area contributed by atoms with Crippen LogP contribution in [0.15, 0.2) is 48.8 Å². The molecule has 3 rings (SSSR count). The third-order valence-electron chi connectivity index (χ3n) is 4.20. The fourth-order valence-corrected chi connectivity index (χ4v) is 2.81. The summed E-state index contributed by atoms with van der Waals surface area (Å²) in [5, 5.41) is 2.37. The molecule has 0 unspecified atom stereocenters. The quantitative estimate of drug-likeness (QED) is 0.695. The second-order valence-electron chi connectivity index (χ2n) is 6.24. The lowest BCUT2D eigenvalue weighted by atomic mass is 10.0. The fraction of sp³-hybridized carbons (Fsp3) is 0.190. The van der Waals surface area contributed by atoms with E-state index in [0.29, 0.717) is 5.69 Å². The Morgan fingerprint density at radius 2 is 1.81 bits per heavy atom. The van der Waals surface area contributed by atoms with Gasteiger partial charge in [0, 0.05) is 5.56 Å². The standard InChI is InChI=1S/C21H19F2N3O/c1-3-5-14-9-8-13(2)15(10-14)18-11-25-19(12-24-18)26-21(27)20-16(22)6-4-7-17(20)23/h4,6-12H,3,5H2,1-2H3,(H,25,26,27). The molecule has 2 aromatic carbocycles. The van der Waals surface area contributed by atoms with Crippen LogP contribution in [0.4, 0.5) is 14.6 Å². The van der Waals surface area contributed by atoms with E-state index < -0.39 is 23.1 Å². The third kappa shape index (κ3) is 4.16. The molecule has 0 aliphatic rings. The van der Waals surface area contributed by atoms with Gasteiger partial charge < -0.3 is 5.32 Å². The molecule has 27 heavy (non-hydrogen) atoms. The van der Waals surface area contributed by atoms with E-state index in [-0.39, 0.29) is 5.82 Å². The highest BCUT2D eigenvalue weighted by Crippen LogP contribution is 2.23. The van der Waals surface area contributed by atoms with Gasteiger partial charge in [-0.3, -0.25) is 9.78 Å². The van der Waals surface area contributed by atoms with Gasteiger partial charge in [0.1, 0.15) is 17.2 Å². The Morgan fingerprint density at radius 3 is 2.44 bits per heavy atom. The first-order chi connectivity index (χ1) is 13.0. The number of carbonyl (C=O) groups excluding carboxylic acids is 1. The lowest BCUT2D eigenvalue weighted by Gasteiger charge is -2.09. The zero-order valence-electron chi connectivity index (χ0n) is 15.1. The van der Waals surface area contributed by atoms with Gasteiger partial charge in [-0.2, -0.15) is 0 Å². The Kier molecular flexibility index (Phi) is 5.54. The number of amides is 1.